The summed E-state index contributed by atoms with van der Waals surface area (Å²) in [6.07, 6.45) is 7.64. The third-order valence-corrected chi connectivity index (χ3v) is 5.66. The van der Waals surface area contributed by atoms with Crippen molar-refractivity contribution in [2.75, 3.05) is 26.7 Å². The maximum Gasteiger partial charge on any atom is 0.315 e. The molecule has 2 atom stereocenters. The van der Waals surface area contributed by atoms with Gasteiger partial charge in [-0.1, -0.05) is 6.42 Å². The zero-order valence-electron chi connectivity index (χ0n) is 13.4. The SMILES string of the molecule is CCO[C@H]1C[C@H](NC(=O)NCCN(C)C2CC2)C12CCC2. The van der Waals surface area contributed by atoms with Crippen LogP contribution in [0.25, 0.3) is 0 Å². The molecule has 1 spiro atoms. The lowest BCUT2D eigenvalue weighted by Crippen LogP contribution is -2.68. The fourth-order valence-electron chi connectivity index (χ4n) is 3.89. The summed E-state index contributed by atoms with van der Waals surface area (Å²) in [6, 6.07) is 1.06. The molecule has 0 aromatic rings. The van der Waals surface area contributed by atoms with Gasteiger partial charge < -0.3 is 20.3 Å². The van der Waals surface area contributed by atoms with Gasteiger partial charge in [0.05, 0.1) is 6.10 Å². The summed E-state index contributed by atoms with van der Waals surface area (Å²) in [7, 11) is 2.14. The van der Waals surface area contributed by atoms with Gasteiger partial charge in [-0.3, -0.25) is 0 Å². The smallest absolute Gasteiger partial charge is 0.315 e. The Balaban J connectivity index is 1.37. The van der Waals surface area contributed by atoms with Crippen molar-refractivity contribution in [2.45, 2.75) is 63.6 Å². The summed E-state index contributed by atoms with van der Waals surface area (Å²) in [6.45, 7) is 4.50. The minimum Gasteiger partial charge on any atom is -0.378 e. The molecule has 3 saturated carbocycles. The number of ether oxygens (including phenoxy) is 1. The van der Waals surface area contributed by atoms with Gasteiger partial charge in [0.25, 0.3) is 0 Å². The number of urea groups is 1. The molecule has 5 heteroatoms. The summed E-state index contributed by atoms with van der Waals surface area (Å²) in [5.74, 6) is 0. The lowest BCUT2D eigenvalue weighted by atomic mass is 9.51. The quantitative estimate of drug-likeness (QED) is 0.752. The first kappa shape index (κ1) is 15.1. The lowest BCUT2D eigenvalue weighted by Gasteiger charge is -2.60. The molecule has 0 saturated heterocycles. The van der Waals surface area contributed by atoms with Crippen LogP contribution < -0.4 is 10.6 Å². The molecule has 0 bridgehead atoms. The van der Waals surface area contributed by atoms with E-state index in [9.17, 15) is 4.79 Å². The minimum atomic E-state index is -0.00887. The molecule has 3 aliphatic rings. The second kappa shape index (κ2) is 6.13. The van der Waals surface area contributed by atoms with Crippen molar-refractivity contribution >= 4 is 6.03 Å². The first-order valence-electron chi connectivity index (χ1n) is 8.52. The van der Waals surface area contributed by atoms with Crippen LogP contribution in [0.5, 0.6) is 0 Å². The van der Waals surface area contributed by atoms with Crippen LogP contribution in [0.4, 0.5) is 4.79 Å². The summed E-state index contributed by atoms with van der Waals surface area (Å²) >= 11 is 0. The van der Waals surface area contributed by atoms with Crippen molar-refractivity contribution in [3.8, 4) is 0 Å². The highest BCUT2D eigenvalue weighted by atomic mass is 16.5. The van der Waals surface area contributed by atoms with E-state index < -0.39 is 0 Å². The Hall–Kier alpha value is -0.810. The molecule has 2 amide bonds. The number of nitrogens with one attached hydrogen (secondary N) is 2. The molecule has 120 valence electrons. The minimum absolute atomic E-state index is 0.00887. The molecule has 0 aromatic carbocycles. The molecule has 3 rings (SSSR count). The van der Waals surface area contributed by atoms with E-state index >= 15 is 0 Å². The highest BCUT2D eigenvalue weighted by molar-refractivity contribution is 5.74. The molecule has 0 heterocycles. The van der Waals surface area contributed by atoms with Gasteiger partial charge in [-0.15, -0.1) is 0 Å². The average Bonchev–Trinajstić information content (AvgIpc) is 3.19. The van der Waals surface area contributed by atoms with Crippen LogP contribution in [0.3, 0.4) is 0 Å². The van der Waals surface area contributed by atoms with Gasteiger partial charge in [0.2, 0.25) is 0 Å². The molecule has 0 aromatic heterocycles. The third kappa shape index (κ3) is 3.04. The molecule has 3 fully saturated rings. The first-order valence-corrected chi connectivity index (χ1v) is 8.52. The largest absolute Gasteiger partial charge is 0.378 e. The van der Waals surface area contributed by atoms with Crippen LogP contribution in [0, 0.1) is 5.41 Å². The molecular formula is C16H29N3O2. The molecule has 21 heavy (non-hydrogen) atoms. The van der Waals surface area contributed by atoms with E-state index in [4.69, 9.17) is 4.74 Å². The third-order valence-electron chi connectivity index (χ3n) is 5.66. The Bertz CT molecular complexity index is 380. The van der Waals surface area contributed by atoms with Gasteiger partial charge in [0.1, 0.15) is 0 Å². The second-order valence-corrected chi connectivity index (χ2v) is 6.93. The Morgan fingerprint density at radius 2 is 2.14 bits per heavy atom. The van der Waals surface area contributed by atoms with Gasteiger partial charge >= 0.3 is 6.03 Å². The highest BCUT2D eigenvalue weighted by Gasteiger charge is 2.59. The summed E-state index contributed by atoms with van der Waals surface area (Å²) < 4.78 is 5.81. The van der Waals surface area contributed by atoms with Crippen LogP contribution in [-0.2, 0) is 4.74 Å². The fraction of sp³-hybridized carbons (Fsp3) is 0.938. The van der Waals surface area contributed by atoms with E-state index in [1.165, 1.54) is 32.1 Å². The van der Waals surface area contributed by atoms with Crippen molar-refractivity contribution in [1.82, 2.24) is 15.5 Å². The maximum atomic E-state index is 12.0. The number of rotatable bonds is 7. The molecule has 3 aliphatic carbocycles. The zero-order valence-corrected chi connectivity index (χ0v) is 13.4. The number of likely N-dealkylation sites (N-methyl/N-ethyl adjacent to an activating group) is 1. The Kier molecular flexibility index (Phi) is 4.41. The van der Waals surface area contributed by atoms with Gasteiger partial charge in [0, 0.05) is 37.2 Å². The number of nitrogens with zero attached hydrogens (tertiary/aromatic N) is 1. The standard InChI is InChI=1S/C16H29N3O2/c1-3-21-14-11-13(16(14)7-4-8-16)18-15(20)17-9-10-19(2)12-5-6-12/h12-14H,3-11H2,1-2H3,(H2,17,18,20)/t13-,14-/m0/s1. The van der Waals surface area contributed by atoms with Crippen LogP contribution >= 0.6 is 0 Å². The fourth-order valence-corrected chi connectivity index (χ4v) is 3.89. The lowest BCUT2D eigenvalue weighted by molar-refractivity contribution is -0.169. The number of carbonyl (C=O) groups is 1. The predicted molar refractivity (Wildman–Crippen MR) is 82.3 cm³/mol. The van der Waals surface area contributed by atoms with Crippen LogP contribution in [0.2, 0.25) is 0 Å². The van der Waals surface area contributed by atoms with Crippen molar-refractivity contribution in [1.29, 1.82) is 0 Å². The molecule has 0 unspecified atom stereocenters. The Morgan fingerprint density at radius 1 is 1.38 bits per heavy atom. The first-order chi connectivity index (χ1) is 10.2. The highest BCUT2D eigenvalue weighted by Crippen LogP contribution is 2.57. The van der Waals surface area contributed by atoms with Crippen LogP contribution in [-0.4, -0.2) is 55.9 Å². The van der Waals surface area contributed by atoms with Crippen LogP contribution in [0.15, 0.2) is 0 Å². The molecule has 0 radical (unpaired) electrons. The average molecular weight is 295 g/mol. The summed E-state index contributed by atoms with van der Waals surface area (Å²) in [5, 5.41) is 6.16. The normalized spacial score (nSPS) is 29.9. The van der Waals surface area contributed by atoms with Gasteiger partial charge in [-0.05, 0) is 46.1 Å². The van der Waals surface area contributed by atoms with Crippen molar-refractivity contribution in [3.05, 3.63) is 0 Å². The van der Waals surface area contributed by atoms with E-state index in [0.717, 1.165) is 32.2 Å². The molecule has 0 aliphatic heterocycles. The predicted octanol–water partition coefficient (Wildman–Crippen LogP) is 1.73. The topological polar surface area (TPSA) is 53.6 Å². The zero-order chi connectivity index (χ0) is 14.9. The van der Waals surface area contributed by atoms with Crippen molar-refractivity contribution in [2.24, 2.45) is 5.41 Å². The van der Waals surface area contributed by atoms with E-state index in [1.54, 1.807) is 0 Å². The van der Waals surface area contributed by atoms with Crippen molar-refractivity contribution in [3.63, 3.8) is 0 Å². The van der Waals surface area contributed by atoms with Gasteiger partial charge in [0.15, 0.2) is 0 Å². The maximum absolute atomic E-state index is 12.0. The number of carbonyl (C=O) groups excluding carboxylic acids is 1. The molecule has 2 N–H and O–H groups in total. The van der Waals surface area contributed by atoms with Gasteiger partial charge in [-0.25, -0.2) is 4.79 Å². The monoisotopic (exact) mass is 295 g/mol. The second-order valence-electron chi connectivity index (χ2n) is 6.93. The summed E-state index contributed by atoms with van der Waals surface area (Å²) in [4.78, 5) is 14.4. The number of amides is 2. The van der Waals surface area contributed by atoms with E-state index in [-0.39, 0.29) is 11.4 Å². The number of hydrogen-bond acceptors (Lipinski definition) is 3. The van der Waals surface area contributed by atoms with Gasteiger partial charge in [-0.2, -0.15) is 0 Å². The Labute approximate surface area is 127 Å². The van der Waals surface area contributed by atoms with E-state index in [2.05, 4.69) is 29.5 Å². The summed E-state index contributed by atoms with van der Waals surface area (Å²) in [5.41, 5.74) is 0.248. The Morgan fingerprint density at radius 3 is 2.71 bits per heavy atom. The van der Waals surface area contributed by atoms with E-state index in [0.29, 0.717) is 12.1 Å². The van der Waals surface area contributed by atoms with E-state index in [1.807, 2.05) is 0 Å². The number of hydrogen-bond donors (Lipinski definition) is 2. The molecule has 5 nitrogen and oxygen atoms in total. The van der Waals surface area contributed by atoms with Crippen molar-refractivity contribution < 1.29 is 9.53 Å². The molecular weight excluding hydrogens is 266 g/mol. The van der Waals surface area contributed by atoms with Crippen LogP contribution in [0.1, 0.15) is 45.4 Å².